The highest BCUT2D eigenvalue weighted by atomic mass is 16.5. The summed E-state index contributed by atoms with van der Waals surface area (Å²) >= 11 is 0. The molecule has 0 aromatic heterocycles. The molecule has 0 saturated heterocycles. The van der Waals surface area contributed by atoms with Gasteiger partial charge in [-0.3, -0.25) is 4.79 Å². The number of carboxylic acids is 1. The molecule has 1 aromatic carbocycles. The first-order valence-corrected chi connectivity index (χ1v) is 4.75. The lowest BCUT2D eigenvalue weighted by atomic mass is 9.82. The van der Waals surface area contributed by atoms with E-state index in [9.17, 15) is 9.90 Å². The Balaban J connectivity index is 3.21. The first-order valence-electron chi connectivity index (χ1n) is 4.75. The largest absolute Gasteiger partial charge is 0.497 e. The van der Waals surface area contributed by atoms with Crippen molar-refractivity contribution in [1.82, 2.24) is 0 Å². The molecule has 1 aromatic rings. The van der Waals surface area contributed by atoms with Gasteiger partial charge in [0.15, 0.2) is 5.41 Å². The van der Waals surface area contributed by atoms with E-state index in [1.807, 2.05) is 0 Å². The maximum absolute atomic E-state index is 11.2. The first-order chi connectivity index (χ1) is 7.54. The van der Waals surface area contributed by atoms with Crippen molar-refractivity contribution in [2.75, 3.05) is 13.7 Å². The van der Waals surface area contributed by atoms with Gasteiger partial charge < -0.3 is 14.7 Å². The lowest BCUT2D eigenvalue weighted by Gasteiger charge is -2.19. The highest BCUT2D eigenvalue weighted by Gasteiger charge is 2.39. The summed E-state index contributed by atoms with van der Waals surface area (Å²) in [7, 11) is 1.52. The van der Waals surface area contributed by atoms with Gasteiger partial charge in [0.25, 0.3) is 0 Å². The minimum atomic E-state index is -1.18. The van der Waals surface area contributed by atoms with Gasteiger partial charge in [0.2, 0.25) is 6.54 Å². The summed E-state index contributed by atoms with van der Waals surface area (Å²) in [5, 5.41) is 9.20. The highest BCUT2D eigenvalue weighted by molar-refractivity contribution is 5.81. The zero-order valence-electron chi connectivity index (χ0n) is 9.23. The molecule has 0 aliphatic heterocycles. The number of methoxy groups -OCH3 is 1. The first kappa shape index (κ1) is 12.1. The Morgan fingerprint density at radius 1 is 1.62 bits per heavy atom. The average molecular weight is 219 g/mol. The van der Waals surface area contributed by atoms with Crippen LogP contribution in [0.1, 0.15) is 12.5 Å². The summed E-state index contributed by atoms with van der Waals surface area (Å²) in [5.41, 5.74) is -0.605. The zero-order valence-corrected chi connectivity index (χ0v) is 9.23. The smallest absolute Gasteiger partial charge is 0.321 e. The molecule has 0 saturated carbocycles. The van der Waals surface area contributed by atoms with Crippen LogP contribution in [0.15, 0.2) is 24.3 Å². The summed E-state index contributed by atoms with van der Waals surface area (Å²) < 4.78 is 5.04. The van der Waals surface area contributed by atoms with Gasteiger partial charge in [-0.15, -0.1) is 0 Å². The Morgan fingerprint density at radius 3 is 2.81 bits per heavy atom. The molecule has 1 N–H and O–H groups in total. The van der Waals surface area contributed by atoms with Crippen LogP contribution in [0.4, 0.5) is 0 Å². The molecule has 1 atom stereocenters. The number of rotatable bonds is 4. The molecule has 0 fully saturated rings. The molecule has 0 aliphatic carbocycles. The van der Waals surface area contributed by atoms with Gasteiger partial charge >= 0.3 is 5.97 Å². The molecule has 4 nitrogen and oxygen atoms in total. The number of ether oxygens (including phenoxy) is 1. The Morgan fingerprint density at radius 2 is 2.31 bits per heavy atom. The zero-order chi connectivity index (χ0) is 12.2. The second kappa shape index (κ2) is 4.67. The number of hydrogen-bond acceptors (Lipinski definition) is 2. The van der Waals surface area contributed by atoms with Gasteiger partial charge in [-0.2, -0.15) is 0 Å². The molecule has 16 heavy (non-hydrogen) atoms. The molecule has 1 unspecified atom stereocenters. The van der Waals surface area contributed by atoms with E-state index in [4.69, 9.17) is 11.3 Å². The lowest BCUT2D eigenvalue weighted by molar-refractivity contribution is -0.142. The van der Waals surface area contributed by atoms with Gasteiger partial charge in [0.05, 0.1) is 7.11 Å². The number of benzene rings is 1. The van der Waals surface area contributed by atoms with Crippen molar-refractivity contribution in [2.24, 2.45) is 0 Å². The van der Waals surface area contributed by atoms with Gasteiger partial charge in [-0.05, 0) is 24.6 Å². The van der Waals surface area contributed by atoms with Gasteiger partial charge in [0, 0.05) is 0 Å². The van der Waals surface area contributed by atoms with Crippen LogP contribution in [0.3, 0.4) is 0 Å². The third-order valence-corrected chi connectivity index (χ3v) is 2.57. The maximum atomic E-state index is 11.2. The SMILES string of the molecule is [C-]#[N+]CC(C)(C(=O)O)c1cccc(OC)c1. The van der Waals surface area contributed by atoms with Crippen molar-refractivity contribution in [3.63, 3.8) is 0 Å². The molecule has 4 heteroatoms. The molecular formula is C12H13NO3. The second-order valence-electron chi connectivity index (χ2n) is 3.69. The van der Waals surface area contributed by atoms with Crippen LogP contribution in [0, 0.1) is 6.57 Å². The molecule has 84 valence electrons. The van der Waals surface area contributed by atoms with E-state index in [2.05, 4.69) is 4.85 Å². The quantitative estimate of drug-likeness (QED) is 0.787. The predicted molar refractivity (Wildman–Crippen MR) is 59.5 cm³/mol. The Labute approximate surface area is 94.3 Å². The van der Waals surface area contributed by atoms with E-state index in [1.165, 1.54) is 7.11 Å². The lowest BCUT2D eigenvalue weighted by Crippen LogP contribution is -2.35. The summed E-state index contributed by atoms with van der Waals surface area (Å²) in [6.45, 7) is 8.29. The molecule has 1 rings (SSSR count). The summed E-state index contributed by atoms with van der Waals surface area (Å²) in [6.07, 6.45) is 0. The van der Waals surface area contributed by atoms with Crippen molar-refractivity contribution >= 4 is 5.97 Å². The summed E-state index contributed by atoms with van der Waals surface area (Å²) in [6, 6.07) is 6.81. The Hall–Kier alpha value is -2.02. The van der Waals surface area contributed by atoms with Crippen molar-refractivity contribution in [3.05, 3.63) is 41.2 Å². The van der Waals surface area contributed by atoms with E-state index >= 15 is 0 Å². The fraction of sp³-hybridized carbons (Fsp3) is 0.333. The van der Waals surface area contributed by atoms with E-state index < -0.39 is 11.4 Å². The summed E-state index contributed by atoms with van der Waals surface area (Å²) in [4.78, 5) is 14.4. The minimum absolute atomic E-state index is 0.0878. The minimum Gasteiger partial charge on any atom is -0.497 e. The molecule has 0 bridgehead atoms. The third-order valence-electron chi connectivity index (χ3n) is 2.57. The molecule has 0 amide bonds. The van der Waals surface area contributed by atoms with E-state index in [1.54, 1.807) is 31.2 Å². The van der Waals surface area contributed by atoms with Gasteiger partial charge in [-0.1, -0.05) is 12.1 Å². The second-order valence-corrected chi connectivity index (χ2v) is 3.69. The van der Waals surface area contributed by atoms with E-state index in [-0.39, 0.29) is 6.54 Å². The van der Waals surface area contributed by atoms with Crippen LogP contribution in [0.5, 0.6) is 5.75 Å². The monoisotopic (exact) mass is 219 g/mol. The Bertz CT molecular complexity index is 436. The normalized spacial score (nSPS) is 13.6. The summed E-state index contributed by atoms with van der Waals surface area (Å²) in [5.74, 6) is -0.410. The average Bonchev–Trinajstić information content (AvgIpc) is 2.29. The van der Waals surface area contributed by atoms with E-state index in [0.29, 0.717) is 11.3 Å². The molecule has 0 radical (unpaired) electrons. The van der Waals surface area contributed by atoms with Crippen LogP contribution in [0.2, 0.25) is 0 Å². The predicted octanol–water partition coefficient (Wildman–Crippen LogP) is 1.96. The van der Waals surface area contributed by atoms with Crippen LogP contribution in [-0.4, -0.2) is 24.7 Å². The molecule has 0 spiro atoms. The molecular weight excluding hydrogens is 206 g/mol. The van der Waals surface area contributed by atoms with E-state index in [0.717, 1.165) is 0 Å². The number of hydrogen-bond donors (Lipinski definition) is 1. The Kier molecular flexibility index (Phi) is 3.51. The van der Waals surface area contributed by atoms with Crippen LogP contribution in [-0.2, 0) is 10.2 Å². The highest BCUT2D eigenvalue weighted by Crippen LogP contribution is 2.27. The standard InChI is InChI=1S/C12H13NO3/c1-12(8-13-2,11(14)15)9-5-4-6-10(7-9)16-3/h4-7H,8H2,1,3H3,(H,14,15). The van der Waals surface area contributed by atoms with Crippen molar-refractivity contribution in [1.29, 1.82) is 0 Å². The number of aliphatic carboxylic acids is 1. The molecule has 0 aliphatic rings. The van der Waals surface area contributed by atoms with Crippen LogP contribution in [0.25, 0.3) is 4.85 Å². The number of carbonyl (C=O) groups is 1. The fourth-order valence-electron chi connectivity index (χ4n) is 1.41. The fourth-order valence-corrected chi connectivity index (χ4v) is 1.41. The van der Waals surface area contributed by atoms with Crippen LogP contribution < -0.4 is 4.74 Å². The van der Waals surface area contributed by atoms with Crippen molar-refractivity contribution in [3.8, 4) is 5.75 Å². The van der Waals surface area contributed by atoms with Crippen molar-refractivity contribution in [2.45, 2.75) is 12.3 Å². The topological polar surface area (TPSA) is 50.9 Å². The van der Waals surface area contributed by atoms with Crippen molar-refractivity contribution < 1.29 is 14.6 Å². The maximum Gasteiger partial charge on any atom is 0.321 e. The number of nitrogens with zero attached hydrogens (tertiary/aromatic N) is 1. The number of carboxylic acid groups (broad SMARTS) is 1. The third kappa shape index (κ3) is 2.14. The van der Waals surface area contributed by atoms with Crippen LogP contribution >= 0.6 is 0 Å². The molecule has 0 heterocycles. The van der Waals surface area contributed by atoms with Gasteiger partial charge in [-0.25, -0.2) is 6.57 Å². The van der Waals surface area contributed by atoms with Gasteiger partial charge in [0.1, 0.15) is 5.75 Å².